The number of rotatable bonds is 6. The summed E-state index contributed by atoms with van der Waals surface area (Å²) < 4.78 is 10.9. The van der Waals surface area contributed by atoms with E-state index in [0.717, 1.165) is 36.3 Å². The van der Waals surface area contributed by atoms with E-state index in [-0.39, 0.29) is 0 Å². The fourth-order valence-corrected chi connectivity index (χ4v) is 2.98. The Labute approximate surface area is 142 Å². The molecule has 6 heteroatoms. The summed E-state index contributed by atoms with van der Waals surface area (Å²) in [6.07, 6.45) is 5.36. The van der Waals surface area contributed by atoms with Crippen molar-refractivity contribution in [1.29, 1.82) is 0 Å². The molecular formula is C18H22BNO4. The van der Waals surface area contributed by atoms with Crippen molar-refractivity contribution in [3.05, 3.63) is 52.8 Å². The molecule has 1 aromatic heterocycles. The molecule has 24 heavy (non-hydrogen) atoms. The molecule has 0 radical (unpaired) electrons. The summed E-state index contributed by atoms with van der Waals surface area (Å²) in [6.45, 7) is 2.57. The van der Waals surface area contributed by atoms with Gasteiger partial charge in [-0.15, -0.1) is 0 Å². The molecule has 3 rings (SSSR count). The van der Waals surface area contributed by atoms with Crippen molar-refractivity contribution in [2.24, 2.45) is 0 Å². The van der Waals surface area contributed by atoms with Gasteiger partial charge in [0, 0.05) is 23.0 Å². The Bertz CT molecular complexity index is 688. The zero-order chi connectivity index (χ0) is 16.9. The maximum Gasteiger partial charge on any atom is 0.707 e. The molecule has 2 N–H and O–H groups in total. The van der Waals surface area contributed by atoms with Crippen molar-refractivity contribution in [3.63, 3.8) is 0 Å². The molecule has 126 valence electrons. The van der Waals surface area contributed by atoms with E-state index in [0.29, 0.717) is 12.4 Å². The second kappa shape index (κ2) is 7.68. The van der Waals surface area contributed by atoms with E-state index in [1.807, 2.05) is 12.1 Å². The van der Waals surface area contributed by atoms with E-state index < -0.39 is 7.32 Å². The summed E-state index contributed by atoms with van der Waals surface area (Å²) >= 11 is 0. The molecule has 0 atom stereocenters. The van der Waals surface area contributed by atoms with Crippen molar-refractivity contribution < 1.29 is 19.4 Å². The maximum absolute atomic E-state index is 8.79. The number of benzene rings is 1. The Morgan fingerprint density at radius 2 is 1.88 bits per heavy atom. The molecule has 2 aromatic rings. The van der Waals surface area contributed by atoms with Gasteiger partial charge in [-0.25, -0.2) is 0 Å². The summed E-state index contributed by atoms with van der Waals surface area (Å²) in [4.78, 5) is 4.74. The summed E-state index contributed by atoms with van der Waals surface area (Å²) in [5.41, 5.74) is 4.51. The van der Waals surface area contributed by atoms with E-state index >= 15 is 0 Å². The summed E-state index contributed by atoms with van der Waals surface area (Å²) in [5.74, 6) is 1.35. The monoisotopic (exact) mass is 327 g/mol. The molecule has 5 nitrogen and oxygen atoms in total. The topological polar surface area (TPSA) is 71.8 Å². The van der Waals surface area contributed by atoms with Gasteiger partial charge in [-0.2, -0.15) is 0 Å². The van der Waals surface area contributed by atoms with Gasteiger partial charge >= 0.3 is 7.32 Å². The SMILES string of the molecule is CCc1cc(OCc2ccc(OB(O)O)cc2)c2c(n1)CCCC2. The minimum absolute atomic E-state index is 0.406. The standard InChI is InChI=1S/C18H22BNO4/c1-2-14-11-18(16-5-3-4-6-17(16)20-14)23-12-13-7-9-15(10-8-13)24-19(21)22/h7-11,21-22H,2-6,12H2,1H3. The van der Waals surface area contributed by atoms with E-state index in [1.165, 1.54) is 24.1 Å². The fourth-order valence-electron chi connectivity index (χ4n) is 2.98. The number of fused-ring (bicyclic) bond motifs is 1. The van der Waals surface area contributed by atoms with Gasteiger partial charge in [-0.05, 0) is 49.8 Å². The number of pyridine rings is 1. The van der Waals surface area contributed by atoms with Crippen molar-refractivity contribution in [2.75, 3.05) is 0 Å². The number of hydrogen-bond acceptors (Lipinski definition) is 5. The first-order valence-corrected chi connectivity index (χ1v) is 8.42. The minimum atomic E-state index is -1.80. The Balaban J connectivity index is 1.72. The van der Waals surface area contributed by atoms with Gasteiger partial charge in [0.25, 0.3) is 0 Å². The molecule has 0 spiro atoms. The van der Waals surface area contributed by atoms with Crippen molar-refractivity contribution in [1.82, 2.24) is 4.98 Å². The average molecular weight is 327 g/mol. The normalized spacial score (nSPS) is 13.3. The largest absolute Gasteiger partial charge is 0.707 e. The maximum atomic E-state index is 8.79. The van der Waals surface area contributed by atoms with Gasteiger partial charge in [0.1, 0.15) is 18.1 Å². The van der Waals surface area contributed by atoms with Gasteiger partial charge in [-0.3, -0.25) is 4.98 Å². The molecule has 1 aromatic carbocycles. The molecule has 0 unspecified atom stereocenters. The van der Waals surface area contributed by atoms with Gasteiger partial charge in [0.2, 0.25) is 0 Å². The van der Waals surface area contributed by atoms with Crippen molar-refractivity contribution in [2.45, 2.75) is 45.6 Å². The lowest BCUT2D eigenvalue weighted by Gasteiger charge is -2.20. The molecule has 1 aliphatic rings. The smallest absolute Gasteiger partial charge is 0.512 e. The van der Waals surface area contributed by atoms with Crippen LogP contribution in [-0.4, -0.2) is 22.4 Å². The Morgan fingerprint density at radius 3 is 2.58 bits per heavy atom. The number of nitrogens with zero attached hydrogens (tertiary/aromatic N) is 1. The zero-order valence-electron chi connectivity index (χ0n) is 13.9. The Morgan fingerprint density at radius 1 is 1.12 bits per heavy atom. The van der Waals surface area contributed by atoms with E-state index in [1.54, 1.807) is 12.1 Å². The summed E-state index contributed by atoms with van der Waals surface area (Å²) in [6, 6.07) is 9.15. The number of hydrogen-bond donors (Lipinski definition) is 2. The summed E-state index contributed by atoms with van der Waals surface area (Å²) in [5, 5.41) is 17.6. The third-order valence-corrected chi connectivity index (χ3v) is 4.23. The van der Waals surface area contributed by atoms with Crippen LogP contribution < -0.4 is 9.39 Å². The van der Waals surface area contributed by atoms with Gasteiger partial charge in [0.05, 0.1) is 0 Å². The predicted molar refractivity (Wildman–Crippen MR) is 91.9 cm³/mol. The van der Waals surface area contributed by atoms with E-state index in [4.69, 9.17) is 24.4 Å². The van der Waals surface area contributed by atoms with Crippen molar-refractivity contribution in [3.8, 4) is 11.5 Å². The first-order chi connectivity index (χ1) is 11.7. The van der Waals surface area contributed by atoms with Crippen LogP contribution in [-0.2, 0) is 25.9 Å². The van der Waals surface area contributed by atoms with Gasteiger partial charge in [-0.1, -0.05) is 19.1 Å². The van der Waals surface area contributed by atoms with Crippen LogP contribution >= 0.6 is 0 Å². The average Bonchev–Trinajstić information content (AvgIpc) is 2.60. The highest BCUT2D eigenvalue weighted by atomic mass is 16.6. The van der Waals surface area contributed by atoms with Crippen LogP contribution in [0.1, 0.15) is 42.3 Å². The van der Waals surface area contributed by atoms with E-state index in [2.05, 4.69) is 13.0 Å². The highest BCUT2D eigenvalue weighted by Gasteiger charge is 2.17. The molecule has 0 fully saturated rings. The third kappa shape index (κ3) is 4.07. The molecule has 0 saturated carbocycles. The molecule has 0 bridgehead atoms. The molecule has 1 aliphatic carbocycles. The van der Waals surface area contributed by atoms with Crippen LogP contribution in [0.25, 0.3) is 0 Å². The quantitative estimate of drug-likeness (QED) is 0.798. The van der Waals surface area contributed by atoms with Crippen LogP contribution in [0.5, 0.6) is 11.5 Å². The van der Waals surface area contributed by atoms with Crippen LogP contribution in [0.15, 0.2) is 30.3 Å². The first kappa shape index (κ1) is 16.8. The lowest BCUT2D eigenvalue weighted by atomic mass is 9.94. The van der Waals surface area contributed by atoms with Crippen LogP contribution in [0, 0.1) is 0 Å². The van der Waals surface area contributed by atoms with Gasteiger partial charge < -0.3 is 19.4 Å². The predicted octanol–water partition coefficient (Wildman–Crippen LogP) is 2.45. The highest BCUT2D eigenvalue weighted by molar-refractivity contribution is 6.33. The minimum Gasteiger partial charge on any atom is -0.512 e. The molecule has 0 aliphatic heterocycles. The second-order valence-corrected chi connectivity index (χ2v) is 5.97. The van der Waals surface area contributed by atoms with E-state index in [9.17, 15) is 0 Å². The summed E-state index contributed by atoms with van der Waals surface area (Å²) in [7, 11) is -1.80. The number of ether oxygens (including phenoxy) is 1. The molecular weight excluding hydrogens is 305 g/mol. The number of aryl methyl sites for hydroxylation is 2. The fraction of sp³-hybridized carbons (Fsp3) is 0.389. The molecule has 0 amide bonds. The Hall–Kier alpha value is -2.05. The molecule has 0 saturated heterocycles. The van der Waals surface area contributed by atoms with Gasteiger partial charge in [0.15, 0.2) is 0 Å². The van der Waals surface area contributed by atoms with Crippen LogP contribution in [0.4, 0.5) is 0 Å². The van der Waals surface area contributed by atoms with Crippen LogP contribution in [0.3, 0.4) is 0 Å². The highest BCUT2D eigenvalue weighted by Crippen LogP contribution is 2.30. The second-order valence-electron chi connectivity index (χ2n) is 5.97. The lowest BCUT2D eigenvalue weighted by Crippen LogP contribution is -2.20. The molecule has 1 heterocycles. The lowest BCUT2D eigenvalue weighted by molar-refractivity contribution is 0.287. The van der Waals surface area contributed by atoms with Crippen molar-refractivity contribution >= 4 is 7.32 Å². The Kier molecular flexibility index (Phi) is 5.38. The number of aromatic nitrogens is 1. The van der Waals surface area contributed by atoms with Crippen LogP contribution in [0.2, 0.25) is 0 Å². The first-order valence-electron chi connectivity index (χ1n) is 8.42. The third-order valence-electron chi connectivity index (χ3n) is 4.23. The zero-order valence-corrected chi connectivity index (χ0v) is 13.9.